The molecule has 1 heterocycles. The van der Waals surface area contributed by atoms with Crippen LogP contribution in [-0.4, -0.2) is 16.0 Å². The molecule has 0 bridgehead atoms. The fourth-order valence-electron chi connectivity index (χ4n) is 2.10. The Kier molecular flexibility index (Phi) is 4.68. The van der Waals surface area contributed by atoms with Crippen molar-refractivity contribution in [2.24, 2.45) is 0 Å². The van der Waals surface area contributed by atoms with Crippen molar-refractivity contribution in [3.05, 3.63) is 71.1 Å². The molecule has 0 aliphatic carbocycles. The minimum absolute atomic E-state index is 0.133. The number of carbonyl (C=O) groups is 1. The van der Waals surface area contributed by atoms with Crippen molar-refractivity contribution in [1.82, 2.24) is 15.5 Å². The first-order valence-corrected chi connectivity index (χ1v) is 7.47. The van der Waals surface area contributed by atoms with Crippen LogP contribution in [0, 0.1) is 0 Å². The summed E-state index contributed by atoms with van der Waals surface area (Å²) in [6.45, 7) is 0.194. The second-order valence-corrected chi connectivity index (χ2v) is 5.40. The van der Waals surface area contributed by atoms with Gasteiger partial charge >= 0.3 is 0 Å². The fourth-order valence-corrected chi connectivity index (χ4v) is 2.31. The van der Waals surface area contributed by atoms with Gasteiger partial charge in [0.05, 0.1) is 13.0 Å². The molecule has 1 N–H and O–H groups in total. The van der Waals surface area contributed by atoms with Gasteiger partial charge in [0.25, 0.3) is 0 Å². The highest BCUT2D eigenvalue weighted by Gasteiger charge is 2.10. The number of hydrogen-bond acceptors (Lipinski definition) is 4. The molecule has 0 fully saturated rings. The highest BCUT2D eigenvalue weighted by Crippen LogP contribution is 2.14. The lowest BCUT2D eigenvalue weighted by Crippen LogP contribution is -2.24. The van der Waals surface area contributed by atoms with Crippen molar-refractivity contribution in [3.63, 3.8) is 0 Å². The second kappa shape index (κ2) is 7.07. The van der Waals surface area contributed by atoms with Gasteiger partial charge in [0.1, 0.15) is 0 Å². The van der Waals surface area contributed by atoms with Gasteiger partial charge < -0.3 is 9.84 Å². The first kappa shape index (κ1) is 15.2. The molecular formula is C17H14ClN3O2. The van der Waals surface area contributed by atoms with Crippen LogP contribution in [0.25, 0.3) is 11.4 Å². The standard InChI is InChI=1S/C17H14ClN3O2/c18-14-8-4-5-12(9-14)10-15(22)19-11-16-20-17(21-23-16)13-6-2-1-3-7-13/h1-9H,10-11H2,(H,19,22). The molecule has 6 heteroatoms. The Morgan fingerprint density at radius 1 is 1.13 bits per heavy atom. The minimum Gasteiger partial charge on any atom is -0.347 e. The molecular weight excluding hydrogens is 314 g/mol. The van der Waals surface area contributed by atoms with E-state index in [9.17, 15) is 4.79 Å². The molecule has 0 spiro atoms. The molecule has 0 atom stereocenters. The molecule has 1 aromatic heterocycles. The van der Waals surface area contributed by atoms with Crippen molar-refractivity contribution in [2.45, 2.75) is 13.0 Å². The van der Waals surface area contributed by atoms with Gasteiger partial charge in [0.15, 0.2) is 0 Å². The Labute approximate surface area is 138 Å². The Balaban J connectivity index is 1.56. The zero-order valence-corrected chi connectivity index (χ0v) is 13.0. The quantitative estimate of drug-likeness (QED) is 0.781. The highest BCUT2D eigenvalue weighted by molar-refractivity contribution is 6.30. The molecule has 0 saturated heterocycles. The van der Waals surface area contributed by atoms with Gasteiger partial charge in [0.2, 0.25) is 17.6 Å². The predicted octanol–water partition coefficient (Wildman–Crippen LogP) is 3.25. The summed E-state index contributed by atoms with van der Waals surface area (Å²) in [5, 5.41) is 7.27. The summed E-state index contributed by atoms with van der Waals surface area (Å²) in [6.07, 6.45) is 0.250. The number of amides is 1. The zero-order valence-electron chi connectivity index (χ0n) is 12.2. The van der Waals surface area contributed by atoms with Gasteiger partial charge in [-0.3, -0.25) is 4.79 Å². The van der Waals surface area contributed by atoms with Crippen LogP contribution in [0.3, 0.4) is 0 Å². The maximum absolute atomic E-state index is 11.9. The number of halogens is 1. The zero-order chi connectivity index (χ0) is 16.1. The van der Waals surface area contributed by atoms with Crippen molar-refractivity contribution in [1.29, 1.82) is 0 Å². The minimum atomic E-state index is -0.133. The summed E-state index contributed by atoms with van der Waals surface area (Å²) in [5.41, 5.74) is 1.72. The SMILES string of the molecule is O=C(Cc1cccc(Cl)c1)NCc1nc(-c2ccccc2)no1. The van der Waals surface area contributed by atoms with Crippen LogP contribution >= 0.6 is 11.6 Å². The van der Waals surface area contributed by atoms with Crippen molar-refractivity contribution < 1.29 is 9.32 Å². The van der Waals surface area contributed by atoms with Crippen LogP contribution in [0.1, 0.15) is 11.5 Å². The largest absolute Gasteiger partial charge is 0.347 e. The molecule has 0 aliphatic rings. The summed E-state index contributed by atoms with van der Waals surface area (Å²) in [7, 11) is 0. The third kappa shape index (κ3) is 4.17. The first-order valence-electron chi connectivity index (χ1n) is 7.10. The molecule has 3 aromatic rings. The van der Waals surface area contributed by atoms with Crippen LogP contribution in [0.15, 0.2) is 59.1 Å². The van der Waals surface area contributed by atoms with Gasteiger partial charge in [-0.2, -0.15) is 4.98 Å². The lowest BCUT2D eigenvalue weighted by atomic mass is 10.1. The lowest BCUT2D eigenvalue weighted by molar-refractivity contribution is -0.120. The van der Waals surface area contributed by atoms with Crippen LogP contribution in [0.5, 0.6) is 0 Å². The number of nitrogens with zero attached hydrogens (tertiary/aromatic N) is 2. The van der Waals surface area contributed by atoms with Gasteiger partial charge in [0, 0.05) is 10.6 Å². The van der Waals surface area contributed by atoms with Crippen LogP contribution in [0.4, 0.5) is 0 Å². The molecule has 0 radical (unpaired) electrons. The van der Waals surface area contributed by atoms with Crippen molar-refractivity contribution in [3.8, 4) is 11.4 Å². The average molecular weight is 328 g/mol. The Morgan fingerprint density at radius 2 is 1.96 bits per heavy atom. The lowest BCUT2D eigenvalue weighted by Gasteiger charge is -2.03. The number of nitrogens with one attached hydrogen (secondary N) is 1. The number of hydrogen-bond donors (Lipinski definition) is 1. The number of benzene rings is 2. The molecule has 5 nitrogen and oxygen atoms in total. The Morgan fingerprint density at radius 3 is 2.74 bits per heavy atom. The van der Waals surface area contributed by atoms with Crippen LogP contribution < -0.4 is 5.32 Å². The van der Waals surface area contributed by atoms with Gasteiger partial charge in [-0.25, -0.2) is 0 Å². The highest BCUT2D eigenvalue weighted by atomic mass is 35.5. The summed E-state index contributed by atoms with van der Waals surface area (Å²) >= 11 is 5.90. The van der Waals surface area contributed by atoms with Crippen molar-refractivity contribution >= 4 is 17.5 Å². The average Bonchev–Trinajstić information content (AvgIpc) is 3.03. The number of aromatic nitrogens is 2. The monoisotopic (exact) mass is 327 g/mol. The van der Waals surface area contributed by atoms with Crippen LogP contribution in [0.2, 0.25) is 5.02 Å². The summed E-state index contributed by atoms with van der Waals surface area (Å²) in [5.74, 6) is 0.736. The molecule has 0 aliphatic heterocycles. The van der Waals surface area contributed by atoms with E-state index in [0.29, 0.717) is 16.7 Å². The summed E-state index contributed by atoms with van der Waals surface area (Å²) < 4.78 is 5.14. The Bertz CT molecular complexity index is 802. The first-order chi connectivity index (χ1) is 11.2. The van der Waals surface area contributed by atoms with E-state index in [1.54, 1.807) is 12.1 Å². The molecule has 23 heavy (non-hydrogen) atoms. The van der Waals surface area contributed by atoms with Gasteiger partial charge in [-0.15, -0.1) is 0 Å². The van der Waals surface area contributed by atoms with E-state index in [4.69, 9.17) is 16.1 Å². The summed E-state index contributed by atoms with van der Waals surface area (Å²) in [4.78, 5) is 16.2. The van der Waals surface area contributed by atoms with Gasteiger partial charge in [-0.1, -0.05) is 59.2 Å². The smallest absolute Gasteiger partial charge is 0.246 e. The van der Waals surface area contributed by atoms with E-state index in [-0.39, 0.29) is 18.9 Å². The van der Waals surface area contributed by atoms with E-state index in [0.717, 1.165) is 11.1 Å². The number of carbonyl (C=O) groups excluding carboxylic acids is 1. The second-order valence-electron chi connectivity index (χ2n) is 4.96. The Hall–Kier alpha value is -2.66. The third-order valence-corrected chi connectivity index (χ3v) is 3.43. The molecule has 1 amide bonds. The molecule has 116 valence electrons. The van der Waals surface area contributed by atoms with E-state index < -0.39 is 0 Å². The third-order valence-electron chi connectivity index (χ3n) is 3.19. The molecule has 3 rings (SSSR count). The fraction of sp³-hybridized carbons (Fsp3) is 0.118. The van der Waals surface area contributed by atoms with Crippen molar-refractivity contribution in [2.75, 3.05) is 0 Å². The van der Waals surface area contributed by atoms with Gasteiger partial charge in [-0.05, 0) is 17.7 Å². The maximum atomic E-state index is 11.9. The van der Waals surface area contributed by atoms with E-state index in [1.807, 2.05) is 42.5 Å². The van der Waals surface area contributed by atoms with Crippen LogP contribution in [-0.2, 0) is 17.8 Å². The molecule has 2 aromatic carbocycles. The predicted molar refractivity (Wildman–Crippen MR) is 86.7 cm³/mol. The number of rotatable bonds is 5. The normalized spacial score (nSPS) is 10.5. The maximum Gasteiger partial charge on any atom is 0.246 e. The summed E-state index contributed by atoms with van der Waals surface area (Å²) in [6, 6.07) is 16.7. The van der Waals surface area contributed by atoms with E-state index >= 15 is 0 Å². The topological polar surface area (TPSA) is 68.0 Å². The van der Waals surface area contributed by atoms with E-state index in [2.05, 4.69) is 15.5 Å². The molecule has 0 unspecified atom stereocenters. The van der Waals surface area contributed by atoms with E-state index in [1.165, 1.54) is 0 Å². The molecule has 0 saturated carbocycles.